The molecule has 1 aliphatic heterocycles. The fourth-order valence-corrected chi connectivity index (χ4v) is 3.91. The van der Waals surface area contributed by atoms with E-state index in [1.54, 1.807) is 7.11 Å². The number of likely N-dealkylation sites (tertiary alicyclic amines) is 1. The first-order valence-electron chi connectivity index (χ1n) is 10.9. The summed E-state index contributed by atoms with van der Waals surface area (Å²) in [6, 6.07) is 14.6. The highest BCUT2D eigenvalue weighted by molar-refractivity contribution is 5.77. The first kappa shape index (κ1) is 23.2. The Hall–Kier alpha value is -2.44. The van der Waals surface area contributed by atoms with Gasteiger partial charge in [0.25, 0.3) is 5.91 Å². The van der Waals surface area contributed by atoms with Crippen LogP contribution in [0.15, 0.2) is 48.5 Å². The topological polar surface area (TPSA) is 42.0 Å². The van der Waals surface area contributed by atoms with Gasteiger partial charge < -0.3 is 14.4 Å². The van der Waals surface area contributed by atoms with Gasteiger partial charge in [0.2, 0.25) is 0 Å². The van der Waals surface area contributed by atoms with Gasteiger partial charge in [0, 0.05) is 33.3 Å². The summed E-state index contributed by atoms with van der Waals surface area (Å²) in [7, 11) is 3.83. The van der Waals surface area contributed by atoms with Gasteiger partial charge in [0.1, 0.15) is 11.6 Å². The number of likely N-dealkylation sites (N-methyl/N-ethyl adjacent to an activating group) is 1. The van der Waals surface area contributed by atoms with E-state index in [2.05, 4.69) is 36.2 Å². The zero-order valence-corrected chi connectivity index (χ0v) is 18.6. The van der Waals surface area contributed by atoms with Crippen LogP contribution in [-0.2, 0) is 22.5 Å². The summed E-state index contributed by atoms with van der Waals surface area (Å²) >= 11 is 0. The number of rotatable bonds is 10. The molecule has 6 heteroatoms. The highest BCUT2D eigenvalue weighted by atomic mass is 19.1. The number of benzene rings is 2. The minimum atomic E-state index is -0.315. The highest BCUT2D eigenvalue weighted by Crippen LogP contribution is 2.22. The summed E-state index contributed by atoms with van der Waals surface area (Å²) in [5.41, 5.74) is 2.66. The summed E-state index contributed by atoms with van der Waals surface area (Å²) in [6.45, 7) is 4.11. The molecule has 31 heavy (non-hydrogen) atoms. The maximum atomic E-state index is 12.9. The number of hydrogen-bond donors (Lipinski definition) is 0. The lowest BCUT2D eigenvalue weighted by Gasteiger charge is -2.32. The summed E-state index contributed by atoms with van der Waals surface area (Å²) < 4.78 is 23.6. The Balaban J connectivity index is 1.38. The van der Waals surface area contributed by atoms with Crippen LogP contribution in [0.3, 0.4) is 0 Å². The molecule has 1 heterocycles. The predicted octanol–water partition coefficient (Wildman–Crippen LogP) is 3.76. The molecule has 1 saturated heterocycles. The number of halogens is 1. The van der Waals surface area contributed by atoms with Gasteiger partial charge in [-0.15, -0.1) is 0 Å². The van der Waals surface area contributed by atoms with Gasteiger partial charge in [0.05, 0.1) is 6.61 Å². The lowest BCUT2D eigenvalue weighted by Crippen LogP contribution is -2.41. The van der Waals surface area contributed by atoms with Crippen LogP contribution in [0.1, 0.15) is 24.0 Å². The highest BCUT2D eigenvalue weighted by Gasteiger charge is 2.23. The first-order valence-corrected chi connectivity index (χ1v) is 10.9. The second kappa shape index (κ2) is 11.8. The number of piperidine rings is 1. The maximum absolute atomic E-state index is 12.9. The van der Waals surface area contributed by atoms with Crippen LogP contribution in [-0.4, -0.2) is 62.7 Å². The Kier molecular flexibility index (Phi) is 8.85. The Morgan fingerprint density at radius 2 is 1.71 bits per heavy atom. The molecule has 1 amide bonds. The molecule has 0 spiro atoms. The lowest BCUT2D eigenvalue weighted by atomic mass is 9.90. The third-order valence-corrected chi connectivity index (χ3v) is 5.82. The molecule has 0 aliphatic carbocycles. The number of carbonyl (C=O) groups excluding carboxylic acids is 1. The van der Waals surface area contributed by atoms with E-state index in [9.17, 15) is 9.18 Å². The SMILES string of the molecule is COCCN(C)Cc1ccc(CC2CCN(C(=O)COc3ccc(F)cc3)CC2)cc1. The minimum absolute atomic E-state index is 0.00338. The van der Waals surface area contributed by atoms with Crippen molar-refractivity contribution in [2.24, 2.45) is 5.92 Å². The van der Waals surface area contributed by atoms with Crippen LogP contribution in [0.5, 0.6) is 5.75 Å². The number of ether oxygens (including phenoxy) is 2. The minimum Gasteiger partial charge on any atom is -0.484 e. The van der Waals surface area contributed by atoms with Crippen LogP contribution < -0.4 is 4.74 Å². The standard InChI is InChI=1S/C25H33FN2O3/c1-27(15-16-30-2)18-22-5-3-20(4-6-22)17-21-11-13-28(14-12-21)25(29)19-31-24-9-7-23(26)8-10-24/h3-10,21H,11-19H2,1-2H3. The second-order valence-corrected chi connectivity index (χ2v) is 8.32. The van der Waals surface area contributed by atoms with Gasteiger partial charge in [0.15, 0.2) is 6.61 Å². The Labute approximate surface area is 184 Å². The molecule has 2 aromatic rings. The molecule has 0 aromatic heterocycles. The van der Waals surface area contributed by atoms with Crippen molar-refractivity contribution < 1.29 is 18.7 Å². The van der Waals surface area contributed by atoms with Crippen LogP contribution in [0, 0.1) is 11.7 Å². The van der Waals surface area contributed by atoms with Crippen LogP contribution in [0.25, 0.3) is 0 Å². The van der Waals surface area contributed by atoms with E-state index in [-0.39, 0.29) is 18.3 Å². The molecule has 5 nitrogen and oxygen atoms in total. The molecule has 0 saturated carbocycles. The van der Waals surface area contributed by atoms with E-state index >= 15 is 0 Å². The van der Waals surface area contributed by atoms with Gasteiger partial charge in [-0.05, 0) is 67.6 Å². The van der Waals surface area contributed by atoms with Gasteiger partial charge >= 0.3 is 0 Å². The van der Waals surface area contributed by atoms with Crippen LogP contribution >= 0.6 is 0 Å². The number of nitrogens with zero attached hydrogens (tertiary/aromatic N) is 2. The fourth-order valence-electron chi connectivity index (χ4n) is 3.91. The number of methoxy groups -OCH3 is 1. The molecule has 168 valence electrons. The summed E-state index contributed by atoms with van der Waals surface area (Å²) in [5, 5.41) is 0. The lowest BCUT2D eigenvalue weighted by molar-refractivity contribution is -0.134. The van der Waals surface area contributed by atoms with E-state index in [1.165, 1.54) is 35.4 Å². The van der Waals surface area contributed by atoms with Crippen molar-refractivity contribution in [2.75, 3.05) is 47.0 Å². The average Bonchev–Trinajstić information content (AvgIpc) is 2.79. The number of amides is 1. The van der Waals surface area contributed by atoms with Crippen molar-refractivity contribution in [1.29, 1.82) is 0 Å². The van der Waals surface area contributed by atoms with Crippen molar-refractivity contribution >= 4 is 5.91 Å². The van der Waals surface area contributed by atoms with Gasteiger partial charge in [-0.3, -0.25) is 9.69 Å². The van der Waals surface area contributed by atoms with Gasteiger partial charge in [-0.25, -0.2) is 4.39 Å². The molecule has 1 fully saturated rings. The molecular formula is C25H33FN2O3. The predicted molar refractivity (Wildman–Crippen MR) is 120 cm³/mol. The third-order valence-electron chi connectivity index (χ3n) is 5.82. The van der Waals surface area contributed by atoms with Crippen LogP contribution in [0.2, 0.25) is 0 Å². The summed E-state index contributed by atoms with van der Waals surface area (Å²) in [6.07, 6.45) is 3.06. The Bertz CT molecular complexity index is 803. The quantitative estimate of drug-likeness (QED) is 0.578. The Morgan fingerprint density at radius 3 is 2.35 bits per heavy atom. The molecule has 3 rings (SSSR count). The Morgan fingerprint density at radius 1 is 1.06 bits per heavy atom. The monoisotopic (exact) mass is 428 g/mol. The first-order chi connectivity index (χ1) is 15.0. The van der Waals surface area contributed by atoms with Gasteiger partial charge in [-0.1, -0.05) is 24.3 Å². The van der Waals surface area contributed by atoms with Crippen molar-refractivity contribution in [3.8, 4) is 5.75 Å². The molecule has 1 aliphatic rings. The van der Waals surface area contributed by atoms with E-state index < -0.39 is 0 Å². The van der Waals surface area contributed by atoms with Crippen molar-refractivity contribution in [1.82, 2.24) is 9.80 Å². The smallest absolute Gasteiger partial charge is 0.260 e. The molecular weight excluding hydrogens is 395 g/mol. The van der Waals surface area contributed by atoms with E-state index in [4.69, 9.17) is 9.47 Å². The zero-order valence-electron chi connectivity index (χ0n) is 18.6. The molecule has 0 radical (unpaired) electrons. The fraction of sp³-hybridized carbons (Fsp3) is 0.480. The van der Waals surface area contributed by atoms with E-state index in [1.807, 2.05) is 4.90 Å². The number of hydrogen-bond acceptors (Lipinski definition) is 4. The van der Waals surface area contributed by atoms with E-state index in [0.29, 0.717) is 11.7 Å². The second-order valence-electron chi connectivity index (χ2n) is 8.32. The summed E-state index contributed by atoms with van der Waals surface area (Å²) in [4.78, 5) is 16.5. The third kappa shape index (κ3) is 7.64. The molecule has 2 aromatic carbocycles. The van der Waals surface area contributed by atoms with Gasteiger partial charge in [-0.2, -0.15) is 0 Å². The number of carbonyl (C=O) groups is 1. The van der Waals surface area contributed by atoms with Crippen molar-refractivity contribution in [3.63, 3.8) is 0 Å². The average molecular weight is 429 g/mol. The largest absolute Gasteiger partial charge is 0.484 e. The maximum Gasteiger partial charge on any atom is 0.260 e. The van der Waals surface area contributed by atoms with Crippen LogP contribution in [0.4, 0.5) is 4.39 Å². The zero-order chi connectivity index (χ0) is 22.1. The molecule has 0 bridgehead atoms. The normalized spacial score (nSPS) is 14.8. The summed E-state index contributed by atoms with van der Waals surface area (Å²) in [5.74, 6) is 0.782. The van der Waals surface area contributed by atoms with Crippen molar-refractivity contribution in [3.05, 3.63) is 65.5 Å². The van der Waals surface area contributed by atoms with E-state index in [0.717, 1.165) is 52.0 Å². The molecule has 0 N–H and O–H groups in total. The van der Waals surface area contributed by atoms with Crippen molar-refractivity contribution in [2.45, 2.75) is 25.8 Å². The molecule has 0 unspecified atom stereocenters. The molecule has 0 atom stereocenters.